The van der Waals surface area contributed by atoms with Gasteiger partial charge in [0, 0.05) is 36.1 Å². The molecule has 19 heavy (non-hydrogen) atoms. The summed E-state index contributed by atoms with van der Waals surface area (Å²) in [5, 5.41) is 17.5. The molecule has 0 fully saturated rings. The summed E-state index contributed by atoms with van der Waals surface area (Å²) in [6.45, 7) is 10.2. The fourth-order valence-corrected chi connectivity index (χ4v) is 2.11. The van der Waals surface area contributed by atoms with E-state index in [1.54, 1.807) is 13.8 Å². The molecule has 1 atom stereocenters. The van der Waals surface area contributed by atoms with Crippen LogP contribution in [0.25, 0.3) is 5.65 Å². The molecule has 1 unspecified atom stereocenters. The minimum atomic E-state index is -0.720. The molecule has 0 bridgehead atoms. The van der Waals surface area contributed by atoms with E-state index in [-0.39, 0.29) is 6.04 Å². The molecule has 2 N–H and O–H groups in total. The van der Waals surface area contributed by atoms with E-state index in [0.29, 0.717) is 6.54 Å². The molecule has 2 aromatic rings. The van der Waals surface area contributed by atoms with Crippen LogP contribution >= 0.6 is 0 Å². The lowest BCUT2D eigenvalue weighted by Crippen LogP contribution is -2.36. The van der Waals surface area contributed by atoms with Crippen LogP contribution in [0.2, 0.25) is 0 Å². The van der Waals surface area contributed by atoms with Gasteiger partial charge in [0.2, 0.25) is 0 Å². The summed E-state index contributed by atoms with van der Waals surface area (Å²) in [5.74, 6) is 0. The van der Waals surface area contributed by atoms with Gasteiger partial charge in [-0.2, -0.15) is 5.10 Å². The minimum absolute atomic E-state index is 0.118. The third-order valence-electron chi connectivity index (χ3n) is 3.19. The largest absolute Gasteiger partial charge is 0.389 e. The molecular formula is C14H22N4O. The zero-order valence-corrected chi connectivity index (χ0v) is 12.2. The van der Waals surface area contributed by atoms with Crippen LogP contribution < -0.4 is 5.32 Å². The van der Waals surface area contributed by atoms with Crippen molar-refractivity contribution in [3.05, 3.63) is 29.2 Å². The molecule has 0 aliphatic heterocycles. The monoisotopic (exact) mass is 262 g/mol. The van der Waals surface area contributed by atoms with Crippen molar-refractivity contribution in [3.8, 4) is 0 Å². The Balaban J connectivity index is 2.27. The Labute approximate surface area is 113 Å². The number of nitrogens with one attached hydrogen (secondary N) is 1. The van der Waals surface area contributed by atoms with Gasteiger partial charge in [0.15, 0.2) is 5.65 Å². The fourth-order valence-electron chi connectivity index (χ4n) is 2.11. The second kappa shape index (κ2) is 4.90. The Morgan fingerprint density at radius 1 is 1.42 bits per heavy atom. The van der Waals surface area contributed by atoms with Gasteiger partial charge in [0.25, 0.3) is 0 Å². The highest BCUT2D eigenvalue weighted by atomic mass is 16.3. The number of aryl methyl sites for hydroxylation is 2. The summed E-state index contributed by atoms with van der Waals surface area (Å²) < 4.78 is 1.87. The first kappa shape index (κ1) is 14.0. The zero-order chi connectivity index (χ0) is 14.2. The highest BCUT2D eigenvalue weighted by Gasteiger charge is 2.17. The van der Waals surface area contributed by atoms with E-state index in [4.69, 9.17) is 0 Å². The molecule has 0 saturated heterocycles. The van der Waals surface area contributed by atoms with Gasteiger partial charge >= 0.3 is 0 Å². The van der Waals surface area contributed by atoms with Crippen LogP contribution in [0.15, 0.2) is 12.3 Å². The molecule has 0 spiro atoms. The Bertz CT molecular complexity index is 583. The summed E-state index contributed by atoms with van der Waals surface area (Å²) in [6.07, 6.45) is 1.88. The summed E-state index contributed by atoms with van der Waals surface area (Å²) in [4.78, 5) is 4.43. The summed E-state index contributed by atoms with van der Waals surface area (Å²) >= 11 is 0. The van der Waals surface area contributed by atoms with Crippen molar-refractivity contribution in [1.82, 2.24) is 19.9 Å². The molecule has 5 nitrogen and oxygen atoms in total. The fraction of sp³-hybridized carbons (Fsp3) is 0.571. The maximum Gasteiger partial charge on any atom is 0.155 e. The zero-order valence-electron chi connectivity index (χ0n) is 12.2. The standard InChI is InChI=1S/C14H22N4O/c1-9-6-13-15-7-12(11(3)18(13)17-9)10(2)16-8-14(4,5)19/h6-7,10,16,19H,8H2,1-5H3. The van der Waals surface area contributed by atoms with E-state index in [9.17, 15) is 5.11 Å². The van der Waals surface area contributed by atoms with Gasteiger partial charge in [0.1, 0.15) is 0 Å². The Kier molecular flexibility index (Phi) is 3.60. The molecule has 0 radical (unpaired) electrons. The van der Waals surface area contributed by atoms with Crippen molar-refractivity contribution < 1.29 is 5.11 Å². The number of aromatic nitrogens is 3. The summed E-state index contributed by atoms with van der Waals surface area (Å²) in [7, 11) is 0. The van der Waals surface area contributed by atoms with E-state index in [0.717, 1.165) is 22.6 Å². The average molecular weight is 262 g/mol. The van der Waals surface area contributed by atoms with Crippen LogP contribution in [-0.4, -0.2) is 31.9 Å². The van der Waals surface area contributed by atoms with Gasteiger partial charge in [-0.25, -0.2) is 9.50 Å². The first-order valence-corrected chi connectivity index (χ1v) is 6.55. The van der Waals surface area contributed by atoms with Crippen LogP contribution in [0.1, 0.15) is 43.8 Å². The van der Waals surface area contributed by atoms with Gasteiger partial charge in [-0.05, 0) is 34.6 Å². The van der Waals surface area contributed by atoms with Gasteiger partial charge in [0.05, 0.1) is 11.3 Å². The smallest absolute Gasteiger partial charge is 0.155 e. The summed E-state index contributed by atoms with van der Waals surface area (Å²) in [6, 6.07) is 2.08. The second-order valence-electron chi connectivity index (χ2n) is 5.77. The van der Waals surface area contributed by atoms with E-state index >= 15 is 0 Å². The van der Waals surface area contributed by atoms with Gasteiger partial charge in [-0.1, -0.05) is 0 Å². The van der Waals surface area contributed by atoms with Crippen LogP contribution in [0.3, 0.4) is 0 Å². The number of rotatable bonds is 4. The van der Waals surface area contributed by atoms with Crippen LogP contribution in [0.4, 0.5) is 0 Å². The third kappa shape index (κ3) is 3.11. The van der Waals surface area contributed by atoms with E-state index in [1.165, 1.54) is 0 Å². The highest BCUT2D eigenvalue weighted by molar-refractivity contribution is 5.42. The van der Waals surface area contributed by atoms with Crippen molar-refractivity contribution in [2.75, 3.05) is 6.54 Å². The number of nitrogens with zero attached hydrogens (tertiary/aromatic N) is 3. The minimum Gasteiger partial charge on any atom is -0.389 e. The Morgan fingerprint density at radius 2 is 2.11 bits per heavy atom. The molecular weight excluding hydrogens is 240 g/mol. The first-order chi connectivity index (χ1) is 8.78. The predicted molar refractivity (Wildman–Crippen MR) is 75.2 cm³/mol. The molecule has 0 aliphatic carbocycles. The molecule has 0 amide bonds. The lowest BCUT2D eigenvalue weighted by atomic mass is 10.1. The van der Waals surface area contributed by atoms with Crippen LogP contribution in [0, 0.1) is 13.8 Å². The Hall–Kier alpha value is -1.46. The molecule has 2 aromatic heterocycles. The van der Waals surface area contributed by atoms with Crippen molar-refractivity contribution in [2.45, 2.75) is 46.3 Å². The average Bonchev–Trinajstić information content (AvgIpc) is 2.67. The van der Waals surface area contributed by atoms with Gasteiger partial charge < -0.3 is 10.4 Å². The second-order valence-corrected chi connectivity index (χ2v) is 5.77. The first-order valence-electron chi connectivity index (χ1n) is 6.55. The third-order valence-corrected chi connectivity index (χ3v) is 3.19. The topological polar surface area (TPSA) is 62.5 Å². The van der Waals surface area contributed by atoms with Crippen LogP contribution in [-0.2, 0) is 0 Å². The number of fused-ring (bicyclic) bond motifs is 1. The lowest BCUT2D eigenvalue weighted by Gasteiger charge is -2.22. The quantitative estimate of drug-likeness (QED) is 0.881. The van der Waals surface area contributed by atoms with Crippen molar-refractivity contribution >= 4 is 5.65 Å². The van der Waals surface area contributed by atoms with Crippen molar-refractivity contribution in [1.29, 1.82) is 0 Å². The summed E-state index contributed by atoms with van der Waals surface area (Å²) in [5.41, 5.74) is 3.29. The molecule has 0 aliphatic rings. The van der Waals surface area contributed by atoms with Crippen LogP contribution in [0.5, 0.6) is 0 Å². The van der Waals surface area contributed by atoms with Gasteiger partial charge in [-0.3, -0.25) is 0 Å². The molecule has 2 heterocycles. The maximum atomic E-state index is 9.76. The highest BCUT2D eigenvalue weighted by Crippen LogP contribution is 2.18. The number of hydrogen-bond acceptors (Lipinski definition) is 4. The van der Waals surface area contributed by atoms with Gasteiger partial charge in [-0.15, -0.1) is 0 Å². The predicted octanol–water partition coefficient (Wildman–Crippen LogP) is 1.77. The van der Waals surface area contributed by atoms with Crippen molar-refractivity contribution in [3.63, 3.8) is 0 Å². The van der Waals surface area contributed by atoms with E-state index in [2.05, 4.69) is 22.3 Å². The number of hydrogen-bond donors (Lipinski definition) is 2. The molecule has 5 heteroatoms. The molecule has 104 valence electrons. The van der Waals surface area contributed by atoms with E-state index in [1.807, 2.05) is 30.6 Å². The van der Waals surface area contributed by atoms with E-state index < -0.39 is 5.60 Å². The SMILES string of the molecule is Cc1cc2ncc(C(C)NCC(C)(C)O)c(C)n2n1. The maximum absolute atomic E-state index is 9.76. The molecule has 0 aromatic carbocycles. The van der Waals surface area contributed by atoms with Crippen molar-refractivity contribution in [2.24, 2.45) is 0 Å². The Morgan fingerprint density at radius 3 is 2.74 bits per heavy atom. The molecule has 0 saturated carbocycles. The lowest BCUT2D eigenvalue weighted by molar-refractivity contribution is 0.0770. The normalized spacial score (nSPS) is 14.0. The molecule has 2 rings (SSSR count). The number of aliphatic hydroxyl groups is 1.